The summed E-state index contributed by atoms with van der Waals surface area (Å²) in [5.41, 5.74) is 5.56. The minimum atomic E-state index is -4.45. The molecule has 1 fully saturated rings. The summed E-state index contributed by atoms with van der Waals surface area (Å²) in [6, 6.07) is 34.0. The number of rotatable bonds is 8. The van der Waals surface area contributed by atoms with Crippen LogP contribution in [-0.2, 0) is 17.1 Å². The van der Waals surface area contributed by atoms with Crippen molar-refractivity contribution >= 4 is 0 Å². The van der Waals surface area contributed by atoms with E-state index in [1.807, 2.05) is 24.4 Å². The lowest BCUT2D eigenvalue weighted by Gasteiger charge is -2.36. The van der Waals surface area contributed by atoms with Gasteiger partial charge in [0.15, 0.2) is 0 Å². The van der Waals surface area contributed by atoms with Crippen LogP contribution in [0.15, 0.2) is 134 Å². The van der Waals surface area contributed by atoms with Gasteiger partial charge < -0.3 is 4.57 Å². The summed E-state index contributed by atoms with van der Waals surface area (Å²) < 4.78 is 43.8. The van der Waals surface area contributed by atoms with E-state index < -0.39 is 17.4 Å². The van der Waals surface area contributed by atoms with Gasteiger partial charge in [0.1, 0.15) is 11.2 Å². The molecule has 7 heteroatoms. The molecule has 226 valence electrons. The molecule has 0 amide bonds. The molecule has 1 aliphatic rings. The Balaban J connectivity index is 1.28. The second-order valence-electron chi connectivity index (χ2n) is 12.0. The molecule has 6 aromatic rings. The number of pyridine rings is 1. The van der Waals surface area contributed by atoms with Crippen molar-refractivity contribution in [2.45, 2.75) is 49.9 Å². The summed E-state index contributed by atoms with van der Waals surface area (Å²) in [4.78, 5) is 3.76. The van der Waals surface area contributed by atoms with Gasteiger partial charge in [0.25, 0.3) is 0 Å². The maximum Gasteiger partial charge on any atom is 0.433 e. The van der Waals surface area contributed by atoms with Crippen LogP contribution >= 0.6 is 0 Å². The van der Waals surface area contributed by atoms with Crippen molar-refractivity contribution in [3.63, 3.8) is 0 Å². The van der Waals surface area contributed by atoms with Crippen LogP contribution in [0.1, 0.15) is 70.4 Å². The number of benzene rings is 3. The molecule has 1 atom stereocenters. The van der Waals surface area contributed by atoms with E-state index in [9.17, 15) is 13.2 Å². The molecule has 1 unspecified atom stereocenters. The Bertz CT molecular complexity index is 1810. The topological polar surface area (TPSA) is 35.6 Å². The van der Waals surface area contributed by atoms with Crippen LogP contribution in [0, 0.1) is 6.92 Å². The second-order valence-corrected chi connectivity index (χ2v) is 12.0. The molecule has 7 rings (SSSR count). The van der Waals surface area contributed by atoms with Gasteiger partial charge in [0, 0.05) is 35.8 Å². The minimum Gasteiger partial charge on any atom is -0.346 e. The predicted octanol–water partition coefficient (Wildman–Crippen LogP) is 8.94. The van der Waals surface area contributed by atoms with Crippen LogP contribution in [0.2, 0.25) is 0 Å². The fourth-order valence-electron chi connectivity index (χ4n) is 6.83. The number of alkyl halides is 3. The number of hydrogen-bond donors (Lipinski definition) is 0. The molecule has 0 radical (unpaired) electrons. The van der Waals surface area contributed by atoms with Gasteiger partial charge in [0.2, 0.25) is 0 Å². The van der Waals surface area contributed by atoms with Gasteiger partial charge >= 0.3 is 6.18 Å². The highest BCUT2D eigenvalue weighted by molar-refractivity contribution is 5.51. The van der Waals surface area contributed by atoms with Crippen molar-refractivity contribution in [3.05, 3.63) is 179 Å². The number of aryl methyl sites for hydroxylation is 1. The Morgan fingerprint density at radius 3 is 1.73 bits per heavy atom. The average molecular weight is 603 g/mol. The summed E-state index contributed by atoms with van der Waals surface area (Å²) in [5, 5.41) is 5.03. The van der Waals surface area contributed by atoms with Crippen LogP contribution in [0.25, 0.3) is 0 Å². The molecule has 1 aliphatic carbocycles. The molecule has 45 heavy (non-hydrogen) atoms. The van der Waals surface area contributed by atoms with Crippen LogP contribution in [0.5, 0.6) is 0 Å². The van der Waals surface area contributed by atoms with Gasteiger partial charge in [-0.15, -0.1) is 0 Å². The normalized spacial score (nSPS) is 15.1. The second kappa shape index (κ2) is 10.9. The smallest absolute Gasteiger partial charge is 0.346 e. The zero-order valence-corrected chi connectivity index (χ0v) is 25.1. The maximum atomic E-state index is 13.2. The van der Waals surface area contributed by atoms with Gasteiger partial charge in [-0.3, -0.25) is 9.67 Å². The minimum absolute atomic E-state index is 0.0345. The van der Waals surface area contributed by atoms with E-state index in [0.717, 1.165) is 57.9 Å². The van der Waals surface area contributed by atoms with Crippen molar-refractivity contribution < 1.29 is 13.2 Å². The van der Waals surface area contributed by atoms with Gasteiger partial charge in [0.05, 0.1) is 12.2 Å². The third-order valence-electron chi connectivity index (χ3n) is 9.37. The van der Waals surface area contributed by atoms with E-state index in [1.165, 1.54) is 6.20 Å². The molecule has 3 heterocycles. The number of nitrogens with zero attached hydrogens (tertiary/aromatic N) is 4. The molecular weight excluding hydrogens is 569 g/mol. The Morgan fingerprint density at radius 2 is 1.27 bits per heavy atom. The van der Waals surface area contributed by atoms with Crippen molar-refractivity contribution in [2.75, 3.05) is 0 Å². The molecule has 0 aliphatic heterocycles. The summed E-state index contributed by atoms with van der Waals surface area (Å²) in [7, 11) is 0. The quantitative estimate of drug-likeness (QED) is 0.163. The van der Waals surface area contributed by atoms with Crippen molar-refractivity contribution in [1.29, 1.82) is 0 Å². The van der Waals surface area contributed by atoms with Gasteiger partial charge in [-0.25, -0.2) is 0 Å². The Kier molecular flexibility index (Phi) is 6.99. The highest BCUT2D eigenvalue weighted by Crippen LogP contribution is 2.55. The van der Waals surface area contributed by atoms with Gasteiger partial charge in [-0.05, 0) is 66.1 Å². The molecule has 0 bridgehead atoms. The van der Waals surface area contributed by atoms with Crippen LogP contribution in [0.3, 0.4) is 0 Å². The Labute approximate surface area is 260 Å². The van der Waals surface area contributed by atoms with E-state index in [1.54, 1.807) is 6.07 Å². The highest BCUT2D eigenvalue weighted by Gasteiger charge is 2.48. The average Bonchev–Trinajstić information content (AvgIpc) is 3.54. The zero-order valence-electron chi connectivity index (χ0n) is 25.1. The molecule has 0 N–H and O–H groups in total. The first-order chi connectivity index (χ1) is 21.7. The summed E-state index contributed by atoms with van der Waals surface area (Å²) in [6.07, 6.45) is 7.07. The standard InChI is InChI=1S/C38H33F3N4/c1-27-24-44(26-34(27)36(20-21-36)33-18-19-35(42-23-33)38(39,40)41)28(2)29-22-43-45(25-29)37(30-12-6-3-7-13-30,31-14-8-4-9-15-31)32-16-10-5-11-17-32/h3-19,22-26,28H,20-21H2,1-2H3. The van der Waals surface area contributed by atoms with E-state index in [4.69, 9.17) is 5.10 Å². The van der Waals surface area contributed by atoms with E-state index in [2.05, 4.69) is 119 Å². The van der Waals surface area contributed by atoms with Crippen molar-refractivity contribution in [1.82, 2.24) is 19.3 Å². The zero-order chi connectivity index (χ0) is 31.2. The fourth-order valence-corrected chi connectivity index (χ4v) is 6.83. The fraction of sp³-hybridized carbons (Fsp3) is 0.211. The number of aromatic nitrogens is 4. The van der Waals surface area contributed by atoms with Crippen LogP contribution in [0.4, 0.5) is 13.2 Å². The third kappa shape index (κ3) is 4.87. The maximum absolute atomic E-state index is 13.2. The number of halogens is 3. The molecular formula is C38H33F3N4. The molecule has 3 aromatic carbocycles. The largest absolute Gasteiger partial charge is 0.433 e. The highest BCUT2D eigenvalue weighted by atomic mass is 19.4. The van der Waals surface area contributed by atoms with Gasteiger partial charge in [-0.2, -0.15) is 18.3 Å². The van der Waals surface area contributed by atoms with Crippen LogP contribution in [-0.4, -0.2) is 19.3 Å². The van der Waals surface area contributed by atoms with Crippen LogP contribution < -0.4 is 0 Å². The summed E-state index contributed by atoms with van der Waals surface area (Å²) >= 11 is 0. The third-order valence-corrected chi connectivity index (χ3v) is 9.37. The SMILES string of the molecule is Cc1cn(C(C)c2cnn(C(c3ccccc3)(c3ccccc3)c3ccccc3)c2)cc1C1(c2ccc(C(F)(F)F)nc2)CC1. The molecule has 4 nitrogen and oxygen atoms in total. The monoisotopic (exact) mass is 602 g/mol. The lowest BCUT2D eigenvalue weighted by atomic mass is 9.77. The summed E-state index contributed by atoms with van der Waals surface area (Å²) in [6.45, 7) is 4.23. The van der Waals surface area contributed by atoms with E-state index >= 15 is 0 Å². The van der Waals surface area contributed by atoms with E-state index in [-0.39, 0.29) is 11.5 Å². The van der Waals surface area contributed by atoms with Crippen molar-refractivity contribution in [3.8, 4) is 0 Å². The molecule has 0 saturated heterocycles. The molecule has 0 spiro atoms. The van der Waals surface area contributed by atoms with E-state index in [0.29, 0.717) is 0 Å². The summed E-state index contributed by atoms with van der Waals surface area (Å²) in [5.74, 6) is 0. The lowest BCUT2D eigenvalue weighted by Crippen LogP contribution is -2.38. The van der Waals surface area contributed by atoms with Crippen molar-refractivity contribution in [2.24, 2.45) is 0 Å². The Morgan fingerprint density at radius 1 is 0.711 bits per heavy atom. The first-order valence-electron chi connectivity index (χ1n) is 15.2. The molecule has 3 aromatic heterocycles. The molecule has 1 saturated carbocycles. The lowest BCUT2D eigenvalue weighted by molar-refractivity contribution is -0.141. The number of hydrogen-bond acceptors (Lipinski definition) is 2. The van der Waals surface area contributed by atoms with Gasteiger partial charge in [-0.1, -0.05) is 97.1 Å². The predicted molar refractivity (Wildman–Crippen MR) is 169 cm³/mol. The first kappa shape index (κ1) is 28.8. The first-order valence-corrected chi connectivity index (χ1v) is 15.2. The Hall–Kier alpha value is -4.91.